The summed E-state index contributed by atoms with van der Waals surface area (Å²) in [6.45, 7) is 19.8. The van der Waals surface area contributed by atoms with Crippen LogP contribution in [0, 0.1) is 6.92 Å². The number of methoxy groups -OCH3 is 1. The van der Waals surface area contributed by atoms with Crippen LogP contribution in [-0.2, 0) is 18.4 Å². The minimum atomic E-state index is -0.0411. The molecule has 3 aromatic rings. The molecule has 1 aromatic heterocycles. The maximum absolute atomic E-state index is 6.60. The summed E-state index contributed by atoms with van der Waals surface area (Å²) in [5.41, 5.74) is 14.8. The Morgan fingerprint density at radius 2 is 1.79 bits per heavy atom. The number of hydrogen-bond acceptors (Lipinski definition) is 8. The topological polar surface area (TPSA) is 106 Å². The van der Waals surface area contributed by atoms with Gasteiger partial charge in [-0.3, -0.25) is 5.01 Å². The number of aryl methyl sites for hydroxylation is 2. The molecule has 0 bridgehead atoms. The van der Waals surface area contributed by atoms with Gasteiger partial charge in [0.05, 0.1) is 41.8 Å². The maximum atomic E-state index is 6.60. The van der Waals surface area contributed by atoms with E-state index in [0.29, 0.717) is 5.70 Å². The van der Waals surface area contributed by atoms with Gasteiger partial charge in [0.15, 0.2) is 5.75 Å². The van der Waals surface area contributed by atoms with Gasteiger partial charge in [-0.15, -0.1) is 0 Å². The van der Waals surface area contributed by atoms with Crippen molar-refractivity contribution in [2.45, 2.75) is 87.1 Å². The zero-order valence-corrected chi connectivity index (χ0v) is 28.9. The number of nitrogens with two attached hydrogens (primary N) is 2. The quantitative estimate of drug-likeness (QED) is 0.0926. The SMILES string of the molecule is CC.CC/C=C(\Nc1cc(C(C)(C)C)cc(NSC)c1OC)c1ccc(C)c(N(N)/C=C(\N)c2cnc(CC)n2CC)c1. The summed E-state index contributed by atoms with van der Waals surface area (Å²) in [5, 5.41) is 5.27. The first-order chi connectivity index (χ1) is 20.5. The Kier molecular flexibility index (Phi) is 13.5. The van der Waals surface area contributed by atoms with E-state index >= 15 is 0 Å². The smallest absolute Gasteiger partial charge is 0.166 e. The number of allylic oxidation sites excluding steroid dienone is 1. The molecule has 8 nitrogen and oxygen atoms in total. The number of aromatic nitrogens is 2. The molecule has 0 aliphatic rings. The van der Waals surface area contributed by atoms with Crippen LogP contribution in [0.25, 0.3) is 11.4 Å². The van der Waals surface area contributed by atoms with Gasteiger partial charge in [-0.25, -0.2) is 10.8 Å². The molecule has 0 saturated carbocycles. The molecule has 1 heterocycles. The third-order valence-electron chi connectivity index (χ3n) is 6.99. The van der Waals surface area contributed by atoms with E-state index in [1.54, 1.807) is 18.3 Å². The van der Waals surface area contributed by atoms with Crippen LogP contribution in [0.4, 0.5) is 17.1 Å². The molecule has 0 fully saturated rings. The molecular weight excluding hydrogens is 554 g/mol. The Bertz CT molecular complexity index is 1400. The van der Waals surface area contributed by atoms with Crippen molar-refractivity contribution in [1.82, 2.24) is 9.55 Å². The van der Waals surface area contributed by atoms with Crippen molar-refractivity contribution in [2.75, 3.05) is 28.4 Å². The number of ether oxygens (including phenoxy) is 1. The second-order valence-corrected chi connectivity index (χ2v) is 11.6. The zero-order valence-electron chi connectivity index (χ0n) is 28.1. The van der Waals surface area contributed by atoms with Crippen LogP contribution in [-0.4, -0.2) is 22.9 Å². The summed E-state index contributed by atoms with van der Waals surface area (Å²) in [6, 6.07) is 10.6. The first-order valence-corrected chi connectivity index (χ1v) is 16.4. The maximum Gasteiger partial charge on any atom is 0.166 e. The van der Waals surface area contributed by atoms with Crippen molar-refractivity contribution in [3.63, 3.8) is 0 Å². The molecule has 0 aliphatic carbocycles. The monoisotopic (exact) mass is 607 g/mol. The van der Waals surface area contributed by atoms with Gasteiger partial charge in [-0.2, -0.15) is 0 Å². The lowest BCUT2D eigenvalue weighted by Crippen LogP contribution is -2.27. The molecule has 2 aromatic carbocycles. The van der Waals surface area contributed by atoms with Crippen molar-refractivity contribution in [1.29, 1.82) is 0 Å². The minimum absolute atomic E-state index is 0.0411. The van der Waals surface area contributed by atoms with E-state index < -0.39 is 0 Å². The molecule has 236 valence electrons. The molecule has 0 saturated heterocycles. The normalized spacial score (nSPS) is 12.0. The first-order valence-electron chi connectivity index (χ1n) is 15.1. The number of imidazole rings is 1. The molecule has 0 spiro atoms. The van der Waals surface area contributed by atoms with Gasteiger partial charge >= 0.3 is 0 Å². The third kappa shape index (κ3) is 8.74. The van der Waals surface area contributed by atoms with Crippen molar-refractivity contribution >= 4 is 40.4 Å². The average Bonchev–Trinajstić information content (AvgIpc) is 3.41. The Morgan fingerprint density at radius 1 is 1.12 bits per heavy atom. The molecule has 0 unspecified atom stereocenters. The van der Waals surface area contributed by atoms with E-state index in [0.717, 1.165) is 70.5 Å². The highest BCUT2D eigenvalue weighted by atomic mass is 32.2. The second kappa shape index (κ2) is 16.3. The van der Waals surface area contributed by atoms with E-state index in [1.807, 2.05) is 33.2 Å². The molecule has 43 heavy (non-hydrogen) atoms. The van der Waals surface area contributed by atoms with Gasteiger partial charge in [0, 0.05) is 31.1 Å². The fourth-order valence-electron chi connectivity index (χ4n) is 4.77. The number of hydrogen-bond donors (Lipinski definition) is 4. The highest BCUT2D eigenvalue weighted by molar-refractivity contribution is 7.99. The lowest BCUT2D eigenvalue weighted by atomic mass is 9.86. The number of anilines is 3. The molecule has 0 aliphatic heterocycles. The predicted molar refractivity (Wildman–Crippen MR) is 189 cm³/mol. The summed E-state index contributed by atoms with van der Waals surface area (Å²) in [6.07, 6.45) is 9.45. The van der Waals surface area contributed by atoms with Crippen LogP contribution < -0.4 is 31.4 Å². The fraction of sp³-hybridized carbons (Fsp3) is 0.441. The molecule has 3 rings (SSSR count). The lowest BCUT2D eigenvalue weighted by Gasteiger charge is -2.25. The second-order valence-electron chi connectivity index (χ2n) is 11.0. The van der Waals surface area contributed by atoms with Crippen LogP contribution >= 0.6 is 11.9 Å². The van der Waals surface area contributed by atoms with Gasteiger partial charge in [-0.1, -0.05) is 78.6 Å². The highest BCUT2D eigenvalue weighted by Gasteiger charge is 2.21. The van der Waals surface area contributed by atoms with Crippen LogP contribution in [0.3, 0.4) is 0 Å². The van der Waals surface area contributed by atoms with Crippen LogP contribution in [0.2, 0.25) is 0 Å². The van der Waals surface area contributed by atoms with E-state index in [9.17, 15) is 0 Å². The average molecular weight is 608 g/mol. The Morgan fingerprint density at radius 3 is 2.35 bits per heavy atom. The Labute approximate surface area is 264 Å². The van der Waals surface area contributed by atoms with Crippen LogP contribution in [0.1, 0.15) is 90.0 Å². The van der Waals surface area contributed by atoms with Gasteiger partial charge in [0.2, 0.25) is 0 Å². The summed E-state index contributed by atoms with van der Waals surface area (Å²) >= 11 is 1.54. The lowest BCUT2D eigenvalue weighted by molar-refractivity contribution is 0.418. The fourth-order valence-corrected chi connectivity index (χ4v) is 5.14. The van der Waals surface area contributed by atoms with E-state index in [1.165, 1.54) is 17.5 Å². The summed E-state index contributed by atoms with van der Waals surface area (Å²) in [5.74, 6) is 8.37. The predicted octanol–water partition coefficient (Wildman–Crippen LogP) is 8.30. The Hall–Kier alpha value is -3.56. The number of rotatable bonds is 12. The number of hydrazine groups is 1. The summed E-state index contributed by atoms with van der Waals surface area (Å²) < 4.78 is 11.4. The van der Waals surface area contributed by atoms with Crippen molar-refractivity contribution in [3.8, 4) is 5.75 Å². The molecule has 0 amide bonds. The standard InChI is InChI=1S/C32H47N7OS.C2H6/c1-10-13-25(36-26-17-23(32(5,6)7)18-27(37-41-9)31(26)40-8)22-15-14-21(4)28(16-22)39(34)20-24(33)29-19-35-30(11-2)38(29)12-3;1-2/h13-20,36-37H,10-12,33-34H2,1-9H3;1-2H3/b24-20-,25-13-;. The number of benzene rings is 2. The summed E-state index contributed by atoms with van der Waals surface area (Å²) in [7, 11) is 1.70. The molecule has 0 radical (unpaired) electrons. The van der Waals surface area contributed by atoms with E-state index in [4.69, 9.17) is 16.3 Å². The molecule has 9 heteroatoms. The van der Waals surface area contributed by atoms with E-state index in [-0.39, 0.29) is 5.41 Å². The van der Waals surface area contributed by atoms with Gasteiger partial charge in [0.1, 0.15) is 5.82 Å². The third-order valence-corrected chi connectivity index (χ3v) is 7.42. The van der Waals surface area contributed by atoms with Gasteiger partial charge in [0.25, 0.3) is 0 Å². The number of nitrogens with zero attached hydrogens (tertiary/aromatic N) is 3. The molecule has 0 atom stereocenters. The number of nitrogens with one attached hydrogen (secondary N) is 2. The van der Waals surface area contributed by atoms with Gasteiger partial charge < -0.3 is 25.1 Å². The molecule has 6 N–H and O–H groups in total. The van der Waals surface area contributed by atoms with Gasteiger partial charge in [-0.05, 0) is 60.6 Å². The Balaban J connectivity index is 0.00000316. The molecular formula is C34H53N7OS. The van der Waals surface area contributed by atoms with Crippen molar-refractivity contribution < 1.29 is 4.74 Å². The van der Waals surface area contributed by atoms with Crippen LogP contribution in [0.5, 0.6) is 5.75 Å². The van der Waals surface area contributed by atoms with Crippen LogP contribution in [0.15, 0.2) is 48.8 Å². The van der Waals surface area contributed by atoms with Crippen molar-refractivity contribution in [3.05, 3.63) is 77.0 Å². The minimum Gasteiger partial charge on any atom is -0.492 e. The zero-order chi connectivity index (χ0) is 32.3. The van der Waals surface area contributed by atoms with Crippen molar-refractivity contribution in [2.24, 2.45) is 11.6 Å². The first kappa shape index (κ1) is 35.6. The van der Waals surface area contributed by atoms with E-state index in [2.05, 4.69) is 97.5 Å². The summed E-state index contributed by atoms with van der Waals surface area (Å²) in [4.78, 5) is 4.53. The largest absolute Gasteiger partial charge is 0.492 e. The highest BCUT2D eigenvalue weighted by Crippen LogP contribution is 2.41.